The van der Waals surface area contributed by atoms with Crippen LogP contribution < -0.4 is 5.56 Å². The van der Waals surface area contributed by atoms with Crippen LogP contribution >= 0.6 is 0 Å². The first-order valence-electron chi connectivity index (χ1n) is 8.28. The molecule has 3 aromatic rings. The van der Waals surface area contributed by atoms with Crippen molar-refractivity contribution in [3.8, 4) is 0 Å². The number of nitrogens with one attached hydrogen (secondary N) is 1. The van der Waals surface area contributed by atoms with E-state index in [-0.39, 0.29) is 11.6 Å². The summed E-state index contributed by atoms with van der Waals surface area (Å²) in [5.41, 5.74) is 2.93. The molecule has 1 saturated heterocycles. The average Bonchev–Trinajstić information content (AvgIpc) is 2.84. The molecular formula is C18H21N5O. The summed E-state index contributed by atoms with van der Waals surface area (Å²) >= 11 is 0. The summed E-state index contributed by atoms with van der Waals surface area (Å²) in [5, 5.41) is 5.21. The molecule has 0 unspecified atom stereocenters. The molecule has 1 aliphatic heterocycles. The molecule has 1 aliphatic rings. The van der Waals surface area contributed by atoms with Crippen molar-refractivity contribution >= 4 is 10.9 Å². The van der Waals surface area contributed by atoms with Gasteiger partial charge in [-0.05, 0) is 39.0 Å². The molecule has 1 fully saturated rings. The molecule has 4 rings (SSSR count). The summed E-state index contributed by atoms with van der Waals surface area (Å²) in [5.74, 6) is 0.727. The van der Waals surface area contributed by atoms with Crippen LogP contribution in [-0.2, 0) is 0 Å². The van der Waals surface area contributed by atoms with E-state index < -0.39 is 0 Å². The van der Waals surface area contributed by atoms with Crippen molar-refractivity contribution in [3.05, 3.63) is 57.9 Å². The van der Waals surface area contributed by atoms with Gasteiger partial charge in [-0.3, -0.25) is 14.4 Å². The molecule has 1 aromatic carbocycles. The highest BCUT2D eigenvalue weighted by atomic mass is 16.1. The Labute approximate surface area is 140 Å². The van der Waals surface area contributed by atoms with E-state index in [9.17, 15) is 4.79 Å². The number of benzene rings is 1. The largest absolute Gasteiger partial charge is 0.309 e. The normalized spacial score (nSPS) is 17.1. The van der Waals surface area contributed by atoms with Crippen LogP contribution in [0.5, 0.6) is 0 Å². The second kappa shape index (κ2) is 5.56. The zero-order chi connectivity index (χ0) is 16.8. The first-order valence-corrected chi connectivity index (χ1v) is 8.28. The van der Waals surface area contributed by atoms with Gasteiger partial charge in [-0.1, -0.05) is 12.1 Å². The van der Waals surface area contributed by atoms with Gasteiger partial charge in [-0.2, -0.15) is 5.10 Å². The number of para-hydroxylation sites is 1. The van der Waals surface area contributed by atoms with Crippen LogP contribution in [0.25, 0.3) is 10.9 Å². The average molecular weight is 323 g/mol. The van der Waals surface area contributed by atoms with Crippen molar-refractivity contribution in [1.82, 2.24) is 24.6 Å². The lowest BCUT2D eigenvalue weighted by atomic mass is 10.1. The van der Waals surface area contributed by atoms with Gasteiger partial charge in [0.15, 0.2) is 0 Å². The third-order valence-corrected chi connectivity index (χ3v) is 4.86. The fourth-order valence-electron chi connectivity index (χ4n) is 3.45. The Kier molecular flexibility index (Phi) is 3.49. The van der Waals surface area contributed by atoms with E-state index >= 15 is 0 Å². The van der Waals surface area contributed by atoms with E-state index in [1.54, 1.807) is 6.07 Å². The number of fused-ring (bicyclic) bond motifs is 1. The molecule has 1 N–H and O–H groups in total. The van der Waals surface area contributed by atoms with Crippen molar-refractivity contribution in [3.63, 3.8) is 0 Å². The molecule has 0 radical (unpaired) electrons. The maximum Gasteiger partial charge on any atom is 0.258 e. The molecule has 0 aliphatic carbocycles. The quantitative estimate of drug-likeness (QED) is 0.803. The van der Waals surface area contributed by atoms with Crippen molar-refractivity contribution < 1.29 is 0 Å². The van der Waals surface area contributed by atoms with Gasteiger partial charge in [0.05, 0.1) is 28.7 Å². The Morgan fingerprint density at radius 1 is 1.25 bits per heavy atom. The fraction of sp³-hybridized carbons (Fsp3) is 0.389. The smallest absolute Gasteiger partial charge is 0.258 e. The Morgan fingerprint density at radius 3 is 2.71 bits per heavy atom. The molecule has 3 heterocycles. The molecule has 0 spiro atoms. The van der Waals surface area contributed by atoms with Crippen molar-refractivity contribution in [1.29, 1.82) is 0 Å². The van der Waals surface area contributed by atoms with Gasteiger partial charge in [0, 0.05) is 18.8 Å². The van der Waals surface area contributed by atoms with Gasteiger partial charge in [-0.15, -0.1) is 0 Å². The number of H-pyrrole nitrogens is 1. The van der Waals surface area contributed by atoms with E-state index in [1.165, 1.54) is 5.69 Å². The van der Waals surface area contributed by atoms with E-state index in [1.807, 2.05) is 25.1 Å². The minimum Gasteiger partial charge on any atom is -0.309 e. The number of hydrogen-bond donors (Lipinski definition) is 1. The third kappa shape index (κ3) is 2.43. The van der Waals surface area contributed by atoms with E-state index in [0.29, 0.717) is 11.4 Å². The number of rotatable bonds is 3. The summed E-state index contributed by atoms with van der Waals surface area (Å²) in [4.78, 5) is 22.1. The van der Waals surface area contributed by atoms with E-state index in [4.69, 9.17) is 0 Å². The maximum atomic E-state index is 12.2. The van der Waals surface area contributed by atoms with Crippen LogP contribution in [0.4, 0.5) is 0 Å². The van der Waals surface area contributed by atoms with Gasteiger partial charge in [0.1, 0.15) is 5.82 Å². The molecule has 6 heteroatoms. The minimum atomic E-state index is -0.0712. The van der Waals surface area contributed by atoms with Gasteiger partial charge in [0.2, 0.25) is 0 Å². The number of nitrogens with zero attached hydrogens (tertiary/aromatic N) is 4. The molecule has 0 amide bonds. The number of aromatic nitrogens is 4. The van der Waals surface area contributed by atoms with Crippen molar-refractivity contribution in [2.24, 2.45) is 0 Å². The van der Waals surface area contributed by atoms with Crippen LogP contribution in [0.15, 0.2) is 35.1 Å². The lowest BCUT2D eigenvalue weighted by Crippen LogP contribution is -2.49. The Hall–Kier alpha value is -2.47. The molecule has 0 saturated carbocycles. The SMILES string of the molecule is Cc1cc(C)n(C2CN([C@@H](C)c3nc4ccccc4c(=O)[nH]3)C2)n1. The topological polar surface area (TPSA) is 66.8 Å². The van der Waals surface area contributed by atoms with Gasteiger partial charge >= 0.3 is 0 Å². The zero-order valence-corrected chi connectivity index (χ0v) is 14.2. The van der Waals surface area contributed by atoms with Gasteiger partial charge in [0.25, 0.3) is 5.56 Å². The molecule has 0 bridgehead atoms. The second-order valence-corrected chi connectivity index (χ2v) is 6.62. The highest BCUT2D eigenvalue weighted by Gasteiger charge is 2.34. The molecule has 24 heavy (non-hydrogen) atoms. The first kappa shape index (κ1) is 15.1. The summed E-state index contributed by atoms with van der Waals surface area (Å²) in [7, 11) is 0. The predicted octanol–water partition coefficient (Wildman–Crippen LogP) is 2.35. The molecule has 1 atom stereocenters. The molecule has 6 nitrogen and oxygen atoms in total. The zero-order valence-electron chi connectivity index (χ0n) is 14.2. The monoisotopic (exact) mass is 323 g/mol. The molecule has 124 valence electrons. The summed E-state index contributed by atoms with van der Waals surface area (Å²) in [6, 6.07) is 10.0. The Bertz CT molecular complexity index is 951. The van der Waals surface area contributed by atoms with Gasteiger partial charge in [-0.25, -0.2) is 4.98 Å². The number of hydrogen-bond acceptors (Lipinski definition) is 4. The minimum absolute atomic E-state index is 0.0712. The predicted molar refractivity (Wildman–Crippen MR) is 93.1 cm³/mol. The third-order valence-electron chi connectivity index (χ3n) is 4.86. The summed E-state index contributed by atoms with van der Waals surface area (Å²) in [6.45, 7) is 8.03. The number of aryl methyl sites for hydroxylation is 2. The lowest BCUT2D eigenvalue weighted by molar-refractivity contribution is 0.0549. The van der Waals surface area contributed by atoms with Crippen LogP contribution in [0.1, 0.15) is 36.2 Å². The highest BCUT2D eigenvalue weighted by molar-refractivity contribution is 5.77. The van der Waals surface area contributed by atoms with E-state index in [0.717, 1.165) is 30.1 Å². The standard InChI is InChI=1S/C18H21N5O/c1-11-8-12(2)23(21-11)14-9-22(10-14)13(3)17-19-16-7-5-4-6-15(16)18(24)20-17/h4-8,13-14H,9-10H2,1-3H3,(H,19,20,24)/t13-/m0/s1. The van der Waals surface area contributed by atoms with Crippen molar-refractivity contribution in [2.75, 3.05) is 13.1 Å². The van der Waals surface area contributed by atoms with Crippen LogP contribution in [0.2, 0.25) is 0 Å². The Balaban J connectivity index is 1.54. The lowest BCUT2D eigenvalue weighted by Gasteiger charge is -2.43. The molecular weight excluding hydrogens is 302 g/mol. The molecule has 2 aromatic heterocycles. The number of aromatic amines is 1. The van der Waals surface area contributed by atoms with Crippen LogP contribution in [-0.4, -0.2) is 37.7 Å². The second-order valence-electron chi connectivity index (χ2n) is 6.62. The van der Waals surface area contributed by atoms with Gasteiger partial charge < -0.3 is 4.98 Å². The first-order chi connectivity index (χ1) is 11.5. The Morgan fingerprint density at radius 2 is 2.00 bits per heavy atom. The highest BCUT2D eigenvalue weighted by Crippen LogP contribution is 2.30. The van der Waals surface area contributed by atoms with Crippen LogP contribution in [0, 0.1) is 13.8 Å². The maximum absolute atomic E-state index is 12.2. The summed E-state index contributed by atoms with van der Waals surface area (Å²) in [6.07, 6.45) is 0. The fourth-order valence-corrected chi connectivity index (χ4v) is 3.45. The summed E-state index contributed by atoms with van der Waals surface area (Å²) < 4.78 is 2.11. The van der Waals surface area contributed by atoms with E-state index in [2.05, 4.69) is 44.6 Å². The number of likely N-dealkylation sites (tertiary alicyclic amines) is 1. The van der Waals surface area contributed by atoms with Crippen LogP contribution in [0.3, 0.4) is 0 Å². The van der Waals surface area contributed by atoms with Crippen molar-refractivity contribution in [2.45, 2.75) is 32.9 Å².